The zero-order valence-electron chi connectivity index (χ0n) is 12.6. The van der Waals surface area contributed by atoms with Crippen molar-refractivity contribution in [2.24, 2.45) is 5.10 Å². The van der Waals surface area contributed by atoms with Gasteiger partial charge in [-0.25, -0.2) is 14.4 Å². The van der Waals surface area contributed by atoms with Gasteiger partial charge in [-0.15, -0.1) is 0 Å². The first-order valence-corrected chi connectivity index (χ1v) is 7.16. The van der Waals surface area contributed by atoms with Crippen molar-refractivity contribution in [3.05, 3.63) is 77.9 Å². The highest BCUT2D eigenvalue weighted by Crippen LogP contribution is 2.19. The summed E-state index contributed by atoms with van der Waals surface area (Å²) in [6.45, 7) is 1.83. The van der Waals surface area contributed by atoms with Gasteiger partial charge >= 0.3 is 0 Å². The summed E-state index contributed by atoms with van der Waals surface area (Å²) in [5.74, 6) is 0.942. The number of halogens is 1. The van der Waals surface area contributed by atoms with Crippen LogP contribution in [0.15, 0.2) is 65.8 Å². The lowest BCUT2D eigenvalue weighted by Crippen LogP contribution is -1.98. The van der Waals surface area contributed by atoms with Gasteiger partial charge in [0.05, 0.1) is 11.9 Å². The third-order valence-electron chi connectivity index (χ3n) is 3.15. The van der Waals surface area contributed by atoms with Gasteiger partial charge in [0.15, 0.2) is 0 Å². The molecule has 0 saturated carbocycles. The van der Waals surface area contributed by atoms with Gasteiger partial charge < -0.3 is 0 Å². The number of nitrogens with zero attached hydrogens (tertiary/aromatic N) is 3. The monoisotopic (exact) mass is 306 g/mol. The van der Waals surface area contributed by atoms with Gasteiger partial charge in [0.25, 0.3) is 0 Å². The Labute approximate surface area is 133 Å². The van der Waals surface area contributed by atoms with Crippen LogP contribution in [0.5, 0.6) is 0 Å². The van der Waals surface area contributed by atoms with Crippen molar-refractivity contribution in [2.45, 2.75) is 6.92 Å². The molecule has 114 valence electrons. The SMILES string of the molecule is Cc1nc(N/N=C/c2cccc(F)c2)cc(-c2ccccc2)n1. The molecule has 0 aliphatic carbocycles. The molecule has 0 amide bonds. The Balaban J connectivity index is 1.79. The molecular weight excluding hydrogens is 291 g/mol. The number of rotatable bonds is 4. The fourth-order valence-electron chi connectivity index (χ4n) is 2.14. The van der Waals surface area contributed by atoms with Gasteiger partial charge in [0.2, 0.25) is 0 Å². The van der Waals surface area contributed by atoms with E-state index in [4.69, 9.17) is 0 Å². The summed E-state index contributed by atoms with van der Waals surface area (Å²) in [6, 6.07) is 17.9. The average molecular weight is 306 g/mol. The zero-order valence-corrected chi connectivity index (χ0v) is 12.6. The molecule has 0 spiro atoms. The highest BCUT2D eigenvalue weighted by atomic mass is 19.1. The normalized spacial score (nSPS) is 10.9. The highest BCUT2D eigenvalue weighted by Gasteiger charge is 2.03. The molecule has 3 rings (SSSR count). The number of nitrogens with one attached hydrogen (secondary N) is 1. The van der Waals surface area contributed by atoms with Crippen molar-refractivity contribution in [1.29, 1.82) is 0 Å². The highest BCUT2D eigenvalue weighted by molar-refractivity contribution is 5.80. The van der Waals surface area contributed by atoms with Gasteiger partial charge in [-0.1, -0.05) is 42.5 Å². The van der Waals surface area contributed by atoms with Crippen LogP contribution in [-0.2, 0) is 0 Å². The lowest BCUT2D eigenvalue weighted by Gasteiger charge is -2.05. The van der Waals surface area contributed by atoms with E-state index in [1.54, 1.807) is 18.3 Å². The number of aryl methyl sites for hydroxylation is 1. The second kappa shape index (κ2) is 6.79. The minimum atomic E-state index is -0.293. The summed E-state index contributed by atoms with van der Waals surface area (Å²) in [5.41, 5.74) is 5.36. The summed E-state index contributed by atoms with van der Waals surface area (Å²) in [4.78, 5) is 8.73. The van der Waals surface area contributed by atoms with Crippen LogP contribution in [0.25, 0.3) is 11.3 Å². The molecule has 2 aromatic carbocycles. The van der Waals surface area contributed by atoms with Gasteiger partial charge in [0.1, 0.15) is 17.5 Å². The summed E-state index contributed by atoms with van der Waals surface area (Å²) in [6.07, 6.45) is 1.54. The smallest absolute Gasteiger partial charge is 0.150 e. The van der Waals surface area contributed by atoms with Crippen molar-refractivity contribution in [3.63, 3.8) is 0 Å². The lowest BCUT2D eigenvalue weighted by molar-refractivity contribution is 0.627. The Hall–Kier alpha value is -3.08. The number of anilines is 1. The Bertz CT molecular complexity index is 831. The Morgan fingerprint density at radius 1 is 1.00 bits per heavy atom. The summed E-state index contributed by atoms with van der Waals surface area (Å²) >= 11 is 0. The summed E-state index contributed by atoms with van der Waals surface area (Å²) in [7, 11) is 0. The van der Waals surface area contributed by atoms with Crippen LogP contribution < -0.4 is 5.43 Å². The van der Waals surface area contributed by atoms with Crippen LogP contribution in [0.1, 0.15) is 11.4 Å². The van der Waals surface area contributed by atoms with Crippen LogP contribution in [0.2, 0.25) is 0 Å². The molecule has 3 aromatic rings. The van der Waals surface area contributed by atoms with E-state index >= 15 is 0 Å². The van der Waals surface area contributed by atoms with Gasteiger partial charge in [0, 0.05) is 11.6 Å². The third-order valence-corrected chi connectivity index (χ3v) is 3.15. The molecule has 0 aliphatic rings. The van der Waals surface area contributed by atoms with Crippen LogP contribution in [-0.4, -0.2) is 16.2 Å². The first-order valence-electron chi connectivity index (χ1n) is 7.16. The van der Waals surface area contributed by atoms with Crippen molar-refractivity contribution in [2.75, 3.05) is 5.43 Å². The van der Waals surface area contributed by atoms with Gasteiger partial charge in [-0.3, -0.25) is 5.43 Å². The molecule has 1 heterocycles. The largest absolute Gasteiger partial charge is 0.261 e. The molecule has 0 atom stereocenters. The first-order chi connectivity index (χ1) is 11.2. The minimum Gasteiger partial charge on any atom is -0.261 e. The maximum absolute atomic E-state index is 13.1. The molecule has 0 radical (unpaired) electrons. The molecule has 23 heavy (non-hydrogen) atoms. The zero-order chi connectivity index (χ0) is 16.1. The lowest BCUT2D eigenvalue weighted by atomic mass is 10.1. The van der Waals surface area contributed by atoms with E-state index in [2.05, 4.69) is 20.5 Å². The third kappa shape index (κ3) is 3.97. The van der Waals surface area contributed by atoms with E-state index in [1.165, 1.54) is 12.1 Å². The van der Waals surface area contributed by atoms with Crippen molar-refractivity contribution >= 4 is 12.0 Å². The van der Waals surface area contributed by atoms with E-state index in [0.717, 1.165) is 11.3 Å². The summed E-state index contributed by atoms with van der Waals surface area (Å²) < 4.78 is 13.1. The molecule has 0 fully saturated rings. The minimum absolute atomic E-state index is 0.293. The molecule has 1 N–H and O–H groups in total. The molecule has 1 aromatic heterocycles. The molecular formula is C18H15FN4. The second-order valence-corrected chi connectivity index (χ2v) is 4.98. The van der Waals surface area contributed by atoms with Gasteiger partial charge in [-0.05, 0) is 24.6 Å². The predicted molar refractivity (Wildman–Crippen MR) is 89.8 cm³/mol. The molecule has 4 nitrogen and oxygen atoms in total. The van der Waals surface area contributed by atoms with Crippen LogP contribution in [0, 0.1) is 12.7 Å². The maximum atomic E-state index is 13.1. The van der Waals surface area contributed by atoms with Crippen molar-refractivity contribution in [3.8, 4) is 11.3 Å². The average Bonchev–Trinajstić information content (AvgIpc) is 2.55. The molecule has 0 bridgehead atoms. The fraction of sp³-hybridized carbons (Fsp3) is 0.0556. The summed E-state index contributed by atoms with van der Waals surface area (Å²) in [5, 5.41) is 4.10. The van der Waals surface area contributed by atoms with E-state index in [1.807, 2.05) is 43.3 Å². The first kappa shape index (κ1) is 14.8. The van der Waals surface area contributed by atoms with Crippen molar-refractivity contribution < 1.29 is 4.39 Å². The fourth-order valence-corrected chi connectivity index (χ4v) is 2.14. The number of hydrogen-bond acceptors (Lipinski definition) is 4. The standard InChI is InChI=1S/C18H15FN4/c1-13-21-17(15-7-3-2-4-8-15)11-18(22-13)23-20-12-14-6-5-9-16(19)10-14/h2-12H,1H3,(H,21,22,23)/b20-12+. The maximum Gasteiger partial charge on any atom is 0.150 e. The quantitative estimate of drug-likeness (QED) is 0.584. The predicted octanol–water partition coefficient (Wildman–Crippen LogP) is 4.04. The Kier molecular flexibility index (Phi) is 4.38. The number of benzene rings is 2. The van der Waals surface area contributed by atoms with E-state index in [0.29, 0.717) is 17.2 Å². The Morgan fingerprint density at radius 3 is 2.61 bits per heavy atom. The van der Waals surface area contributed by atoms with Gasteiger partial charge in [-0.2, -0.15) is 5.10 Å². The number of aromatic nitrogens is 2. The van der Waals surface area contributed by atoms with Crippen LogP contribution in [0.3, 0.4) is 0 Å². The molecule has 0 aliphatic heterocycles. The van der Waals surface area contributed by atoms with E-state index in [9.17, 15) is 4.39 Å². The molecule has 5 heteroatoms. The van der Waals surface area contributed by atoms with E-state index in [-0.39, 0.29) is 5.82 Å². The number of hydrogen-bond donors (Lipinski definition) is 1. The Morgan fingerprint density at radius 2 is 1.83 bits per heavy atom. The topological polar surface area (TPSA) is 50.2 Å². The van der Waals surface area contributed by atoms with E-state index < -0.39 is 0 Å². The molecule has 0 saturated heterocycles. The number of hydrazone groups is 1. The second-order valence-electron chi connectivity index (χ2n) is 4.98. The molecule has 0 unspecified atom stereocenters. The van der Waals surface area contributed by atoms with Crippen LogP contribution >= 0.6 is 0 Å². The van der Waals surface area contributed by atoms with Crippen molar-refractivity contribution in [1.82, 2.24) is 9.97 Å². The van der Waals surface area contributed by atoms with Crippen LogP contribution in [0.4, 0.5) is 10.2 Å².